The number of fused-ring (bicyclic) bond motifs is 6. The fraction of sp³-hybridized carbons (Fsp3) is 0.389. The smallest absolute Gasteiger partial charge is 0.238 e. The summed E-state index contributed by atoms with van der Waals surface area (Å²) in [5.74, 6) is -0.149. The Labute approximate surface area is 133 Å². The van der Waals surface area contributed by atoms with E-state index in [-0.39, 0.29) is 41.4 Å². The number of rotatable bonds is 1. The molecule has 4 atom stereocenters. The summed E-state index contributed by atoms with van der Waals surface area (Å²) in [6.07, 6.45) is 6.29. The Bertz CT molecular complexity index is 767. The third-order valence-electron chi connectivity index (χ3n) is 5.72. The number of allylic oxidation sites excluding steroid dienone is 2. The number of aryl methyl sites for hydroxylation is 1. The summed E-state index contributed by atoms with van der Waals surface area (Å²) in [6, 6.07) is 5.49. The van der Waals surface area contributed by atoms with Gasteiger partial charge >= 0.3 is 0 Å². The molecular weight excluding hydrogens is 292 g/mol. The maximum absolute atomic E-state index is 12.8. The monoisotopic (exact) mass is 308 g/mol. The van der Waals surface area contributed by atoms with Crippen molar-refractivity contribution in [2.24, 2.45) is 23.7 Å². The highest BCUT2D eigenvalue weighted by molar-refractivity contribution is 6.23. The molecule has 1 N–H and O–H groups in total. The molecule has 0 aromatic heterocycles. The van der Waals surface area contributed by atoms with Crippen LogP contribution in [0.25, 0.3) is 0 Å². The van der Waals surface area contributed by atoms with Gasteiger partial charge in [0.2, 0.25) is 17.7 Å². The lowest BCUT2D eigenvalue weighted by atomic mass is 9.85. The molecule has 1 saturated heterocycles. The topological polar surface area (TPSA) is 66.5 Å². The van der Waals surface area contributed by atoms with Crippen LogP contribution in [0.15, 0.2) is 30.4 Å². The molecule has 2 fully saturated rings. The first-order valence-electron chi connectivity index (χ1n) is 8.12. The molecule has 0 unspecified atom stereocenters. The van der Waals surface area contributed by atoms with E-state index >= 15 is 0 Å². The van der Waals surface area contributed by atoms with Crippen LogP contribution in [0, 0.1) is 23.7 Å². The second-order valence-corrected chi connectivity index (χ2v) is 6.90. The van der Waals surface area contributed by atoms with Crippen LogP contribution in [-0.2, 0) is 20.8 Å². The number of hydrogen-bond acceptors (Lipinski definition) is 3. The van der Waals surface area contributed by atoms with E-state index < -0.39 is 0 Å². The van der Waals surface area contributed by atoms with Crippen molar-refractivity contribution >= 4 is 29.1 Å². The summed E-state index contributed by atoms with van der Waals surface area (Å²) >= 11 is 0. The van der Waals surface area contributed by atoms with Gasteiger partial charge in [-0.1, -0.05) is 18.2 Å². The van der Waals surface area contributed by atoms with Crippen molar-refractivity contribution < 1.29 is 14.4 Å². The van der Waals surface area contributed by atoms with E-state index in [1.54, 1.807) is 6.07 Å². The second-order valence-electron chi connectivity index (χ2n) is 6.90. The number of benzene rings is 1. The first-order valence-corrected chi connectivity index (χ1v) is 8.12. The minimum Gasteiger partial charge on any atom is -0.326 e. The predicted octanol–water partition coefficient (Wildman–Crippen LogP) is 1.88. The minimum absolute atomic E-state index is 0.0205. The Morgan fingerprint density at radius 1 is 0.957 bits per heavy atom. The molecule has 1 aromatic carbocycles. The van der Waals surface area contributed by atoms with Crippen LogP contribution in [-0.4, -0.2) is 17.7 Å². The van der Waals surface area contributed by atoms with Crippen LogP contribution in [0.2, 0.25) is 0 Å². The van der Waals surface area contributed by atoms with E-state index in [2.05, 4.69) is 17.5 Å². The standard InChI is InChI=1S/C18H16N2O3/c21-14-6-4-9-3-5-12(8-13(9)19-14)20-17(22)15-10-1-2-11(7-10)16(15)18(20)23/h1-3,5,8,10-11,15-16H,4,6-7H2,(H,19,21)/t10-,11-,15-,16-/m0/s1. The van der Waals surface area contributed by atoms with Gasteiger partial charge in [0, 0.05) is 12.1 Å². The van der Waals surface area contributed by atoms with Gasteiger partial charge in [0.1, 0.15) is 0 Å². The molecule has 2 aliphatic heterocycles. The largest absolute Gasteiger partial charge is 0.326 e. The van der Waals surface area contributed by atoms with Gasteiger partial charge in [-0.25, -0.2) is 4.90 Å². The van der Waals surface area contributed by atoms with Crippen LogP contribution in [0.4, 0.5) is 11.4 Å². The number of imide groups is 1. The fourth-order valence-corrected chi connectivity index (χ4v) is 4.66. The molecule has 5 rings (SSSR count). The maximum Gasteiger partial charge on any atom is 0.238 e. The minimum atomic E-state index is -0.192. The quantitative estimate of drug-likeness (QED) is 0.636. The van der Waals surface area contributed by atoms with E-state index in [1.807, 2.05) is 12.1 Å². The molecular formula is C18H16N2O3. The van der Waals surface area contributed by atoms with E-state index in [9.17, 15) is 14.4 Å². The lowest BCUT2D eigenvalue weighted by Crippen LogP contribution is -2.33. The normalized spacial score (nSPS) is 33.9. The SMILES string of the molecule is O=C1CCc2ccc(N3C(=O)[C@@H]4[C@@H](C3=O)[C@H]3C=C[C@H]4C3)cc2N1. The van der Waals surface area contributed by atoms with Crippen LogP contribution >= 0.6 is 0 Å². The van der Waals surface area contributed by atoms with Crippen molar-refractivity contribution in [1.82, 2.24) is 0 Å². The molecule has 3 amide bonds. The number of carbonyl (C=O) groups excluding carboxylic acids is 3. The predicted molar refractivity (Wildman–Crippen MR) is 83.6 cm³/mol. The number of carbonyl (C=O) groups is 3. The third kappa shape index (κ3) is 1.65. The van der Waals surface area contributed by atoms with E-state index in [0.717, 1.165) is 17.7 Å². The lowest BCUT2D eigenvalue weighted by molar-refractivity contribution is -0.123. The Morgan fingerprint density at radius 3 is 2.35 bits per heavy atom. The molecule has 116 valence electrons. The van der Waals surface area contributed by atoms with E-state index in [4.69, 9.17) is 0 Å². The van der Waals surface area contributed by atoms with Gasteiger partial charge in [-0.2, -0.15) is 0 Å². The Kier molecular flexibility index (Phi) is 2.45. The van der Waals surface area contributed by atoms with Crippen molar-refractivity contribution in [1.29, 1.82) is 0 Å². The molecule has 1 aromatic rings. The summed E-state index contributed by atoms with van der Waals surface area (Å²) in [6.45, 7) is 0. The zero-order valence-electron chi connectivity index (χ0n) is 12.5. The zero-order chi connectivity index (χ0) is 15.7. The molecule has 4 aliphatic rings. The van der Waals surface area contributed by atoms with Gasteiger partial charge in [0.05, 0.1) is 17.5 Å². The second kappa shape index (κ2) is 4.31. The van der Waals surface area contributed by atoms with Gasteiger partial charge in [-0.15, -0.1) is 0 Å². The van der Waals surface area contributed by atoms with E-state index in [1.165, 1.54) is 4.90 Å². The van der Waals surface area contributed by atoms with Crippen molar-refractivity contribution in [3.05, 3.63) is 35.9 Å². The van der Waals surface area contributed by atoms with Gasteiger partial charge in [-0.05, 0) is 42.4 Å². The molecule has 0 spiro atoms. The summed E-state index contributed by atoms with van der Waals surface area (Å²) in [4.78, 5) is 38.5. The molecule has 1 saturated carbocycles. The van der Waals surface area contributed by atoms with Crippen molar-refractivity contribution in [2.75, 3.05) is 10.2 Å². The van der Waals surface area contributed by atoms with Gasteiger partial charge in [0.25, 0.3) is 0 Å². The average molecular weight is 308 g/mol. The molecule has 2 bridgehead atoms. The summed E-state index contributed by atoms with van der Waals surface area (Å²) in [7, 11) is 0. The summed E-state index contributed by atoms with van der Waals surface area (Å²) in [5.41, 5.74) is 2.35. The number of nitrogens with zero attached hydrogens (tertiary/aromatic N) is 1. The molecule has 0 radical (unpaired) electrons. The van der Waals surface area contributed by atoms with Crippen LogP contribution in [0.3, 0.4) is 0 Å². The average Bonchev–Trinajstić information content (AvgIpc) is 3.21. The summed E-state index contributed by atoms with van der Waals surface area (Å²) < 4.78 is 0. The third-order valence-corrected chi connectivity index (χ3v) is 5.72. The first-order chi connectivity index (χ1) is 11.1. The molecule has 2 heterocycles. The highest BCUT2D eigenvalue weighted by Crippen LogP contribution is 2.53. The highest BCUT2D eigenvalue weighted by Gasteiger charge is 2.59. The number of hydrogen-bond donors (Lipinski definition) is 1. The number of amides is 3. The van der Waals surface area contributed by atoms with Crippen LogP contribution < -0.4 is 10.2 Å². The Hall–Kier alpha value is -2.43. The van der Waals surface area contributed by atoms with Crippen LogP contribution in [0.1, 0.15) is 18.4 Å². The molecule has 5 nitrogen and oxygen atoms in total. The lowest BCUT2D eigenvalue weighted by Gasteiger charge is -2.21. The van der Waals surface area contributed by atoms with Crippen LogP contribution in [0.5, 0.6) is 0 Å². The zero-order valence-corrected chi connectivity index (χ0v) is 12.5. The fourth-order valence-electron chi connectivity index (χ4n) is 4.66. The molecule has 23 heavy (non-hydrogen) atoms. The van der Waals surface area contributed by atoms with E-state index in [0.29, 0.717) is 18.5 Å². The Morgan fingerprint density at radius 2 is 1.65 bits per heavy atom. The highest BCUT2D eigenvalue weighted by atomic mass is 16.2. The van der Waals surface area contributed by atoms with Gasteiger partial charge < -0.3 is 5.32 Å². The van der Waals surface area contributed by atoms with Gasteiger partial charge in [-0.3, -0.25) is 14.4 Å². The Balaban J connectivity index is 1.53. The molecule has 2 aliphatic carbocycles. The first kappa shape index (κ1) is 13.0. The van der Waals surface area contributed by atoms with Gasteiger partial charge in [0.15, 0.2) is 0 Å². The number of anilines is 2. The number of nitrogens with one attached hydrogen (secondary N) is 1. The summed E-state index contributed by atoms with van der Waals surface area (Å²) in [5, 5.41) is 2.83. The molecule has 5 heteroatoms. The maximum atomic E-state index is 12.8. The van der Waals surface area contributed by atoms with Crippen molar-refractivity contribution in [3.63, 3.8) is 0 Å². The van der Waals surface area contributed by atoms with Crippen molar-refractivity contribution in [2.45, 2.75) is 19.3 Å². The van der Waals surface area contributed by atoms with Crippen molar-refractivity contribution in [3.8, 4) is 0 Å².